The second kappa shape index (κ2) is 9.27. The average molecular weight is 439 g/mol. The Hall–Kier alpha value is -3.91. The smallest absolute Gasteiger partial charge is 0.335 e. The van der Waals surface area contributed by atoms with Crippen LogP contribution in [-0.4, -0.2) is 33.7 Å². The van der Waals surface area contributed by atoms with Crippen molar-refractivity contribution in [3.8, 4) is 5.69 Å². The number of anilines is 1. The number of carboxylic acid groups (broad SMARTS) is 1. The number of hydrogen-bond donors (Lipinski definition) is 3. The first kappa shape index (κ1) is 21.8. The van der Waals surface area contributed by atoms with E-state index in [2.05, 4.69) is 15.8 Å². The van der Waals surface area contributed by atoms with Gasteiger partial charge < -0.3 is 15.0 Å². The summed E-state index contributed by atoms with van der Waals surface area (Å²) in [6.07, 6.45) is 1.44. The van der Waals surface area contributed by atoms with Crippen molar-refractivity contribution in [3.05, 3.63) is 82.1 Å². The number of benzene rings is 2. The van der Waals surface area contributed by atoms with E-state index in [1.165, 1.54) is 18.3 Å². The molecule has 0 unspecified atom stereocenters. The number of carboxylic acids is 1. The van der Waals surface area contributed by atoms with E-state index in [9.17, 15) is 14.4 Å². The molecular weight excluding hydrogens is 420 g/mol. The third-order valence-corrected chi connectivity index (χ3v) is 4.77. The molecule has 9 heteroatoms. The maximum absolute atomic E-state index is 12.0. The Morgan fingerprint density at radius 1 is 1.00 bits per heavy atom. The van der Waals surface area contributed by atoms with Crippen molar-refractivity contribution in [1.82, 2.24) is 9.99 Å². The number of aromatic nitrogens is 1. The van der Waals surface area contributed by atoms with Crippen LogP contribution in [0.4, 0.5) is 5.69 Å². The third kappa shape index (κ3) is 5.18. The van der Waals surface area contributed by atoms with Crippen molar-refractivity contribution in [2.24, 2.45) is 5.10 Å². The van der Waals surface area contributed by atoms with E-state index in [-0.39, 0.29) is 5.56 Å². The van der Waals surface area contributed by atoms with E-state index in [1.54, 1.807) is 36.4 Å². The summed E-state index contributed by atoms with van der Waals surface area (Å²) < 4.78 is 1.93. The highest BCUT2D eigenvalue weighted by molar-refractivity contribution is 6.39. The highest BCUT2D eigenvalue weighted by Crippen LogP contribution is 2.20. The number of hydrogen-bond acceptors (Lipinski definition) is 4. The largest absolute Gasteiger partial charge is 0.478 e. The summed E-state index contributed by atoms with van der Waals surface area (Å²) in [5, 5.41) is 15.9. The van der Waals surface area contributed by atoms with Crippen LogP contribution in [0.15, 0.2) is 59.7 Å². The standard InChI is InChI=1S/C22H19ClN4O4/c1-13-11-16(14(2)27(13)19-9-3-15(4-10-19)22(30)31)12-24-26-21(29)20(28)25-18-7-5-17(23)6-8-18/h3-12H,1-2H3,(H,25,28)(H,26,29)(H,30,31)/b24-12+. The predicted octanol–water partition coefficient (Wildman–Crippen LogP) is 3.53. The zero-order chi connectivity index (χ0) is 22.5. The number of halogens is 1. The minimum Gasteiger partial charge on any atom is -0.478 e. The van der Waals surface area contributed by atoms with Crippen molar-refractivity contribution in [2.45, 2.75) is 13.8 Å². The average Bonchev–Trinajstić information content (AvgIpc) is 3.02. The molecule has 0 saturated heterocycles. The minimum atomic E-state index is -0.990. The van der Waals surface area contributed by atoms with E-state index in [4.69, 9.17) is 16.7 Å². The maximum Gasteiger partial charge on any atom is 0.335 e. The van der Waals surface area contributed by atoms with Crippen LogP contribution in [0.2, 0.25) is 5.02 Å². The lowest BCUT2D eigenvalue weighted by Crippen LogP contribution is -2.32. The number of rotatable bonds is 5. The van der Waals surface area contributed by atoms with Crippen LogP contribution in [0.25, 0.3) is 5.69 Å². The van der Waals surface area contributed by atoms with Gasteiger partial charge in [-0.25, -0.2) is 10.2 Å². The van der Waals surface area contributed by atoms with Crippen LogP contribution in [0, 0.1) is 13.8 Å². The van der Waals surface area contributed by atoms with Crippen LogP contribution >= 0.6 is 11.6 Å². The summed E-state index contributed by atoms with van der Waals surface area (Å²) in [7, 11) is 0. The monoisotopic (exact) mass is 438 g/mol. The molecule has 0 aliphatic heterocycles. The molecule has 8 nitrogen and oxygen atoms in total. The van der Waals surface area contributed by atoms with Gasteiger partial charge >= 0.3 is 17.8 Å². The number of nitrogens with zero attached hydrogens (tertiary/aromatic N) is 2. The molecule has 0 aliphatic carbocycles. The number of aryl methyl sites for hydroxylation is 1. The fourth-order valence-corrected chi connectivity index (χ4v) is 3.13. The van der Waals surface area contributed by atoms with Gasteiger partial charge in [0.25, 0.3) is 0 Å². The maximum atomic E-state index is 12.0. The molecule has 0 aliphatic rings. The van der Waals surface area contributed by atoms with Crippen LogP contribution in [0.5, 0.6) is 0 Å². The number of carbonyl (C=O) groups is 3. The molecule has 31 heavy (non-hydrogen) atoms. The minimum absolute atomic E-state index is 0.201. The lowest BCUT2D eigenvalue weighted by atomic mass is 10.2. The van der Waals surface area contributed by atoms with Crippen molar-refractivity contribution in [1.29, 1.82) is 0 Å². The third-order valence-electron chi connectivity index (χ3n) is 4.52. The molecule has 158 valence electrons. The topological polar surface area (TPSA) is 113 Å². The lowest BCUT2D eigenvalue weighted by molar-refractivity contribution is -0.136. The SMILES string of the molecule is Cc1cc(/C=N/NC(=O)C(=O)Nc2ccc(Cl)cc2)c(C)n1-c1ccc(C(=O)O)cc1. The molecule has 0 fully saturated rings. The zero-order valence-electron chi connectivity index (χ0n) is 16.7. The number of hydrazone groups is 1. The Morgan fingerprint density at radius 3 is 2.26 bits per heavy atom. The first-order chi connectivity index (χ1) is 14.8. The summed E-state index contributed by atoms with van der Waals surface area (Å²) >= 11 is 5.79. The Morgan fingerprint density at radius 2 is 1.65 bits per heavy atom. The second-order valence-electron chi connectivity index (χ2n) is 6.67. The molecule has 2 amide bonds. The Balaban J connectivity index is 1.67. The van der Waals surface area contributed by atoms with Gasteiger partial charge in [0.05, 0.1) is 11.8 Å². The Labute approximate surface area is 183 Å². The van der Waals surface area contributed by atoms with Crippen molar-refractivity contribution in [3.63, 3.8) is 0 Å². The van der Waals surface area contributed by atoms with Crippen molar-refractivity contribution >= 4 is 41.3 Å². The summed E-state index contributed by atoms with van der Waals surface area (Å²) in [5.74, 6) is -2.76. The molecular formula is C22H19ClN4O4. The van der Waals surface area contributed by atoms with Gasteiger partial charge in [-0.15, -0.1) is 0 Å². The number of nitrogens with one attached hydrogen (secondary N) is 2. The van der Waals surface area contributed by atoms with E-state index in [0.717, 1.165) is 22.6 Å². The second-order valence-corrected chi connectivity index (χ2v) is 7.11. The molecule has 0 atom stereocenters. The first-order valence-electron chi connectivity index (χ1n) is 9.19. The highest BCUT2D eigenvalue weighted by Gasteiger charge is 2.14. The van der Waals surface area contributed by atoms with E-state index in [1.807, 2.05) is 24.5 Å². The quantitative estimate of drug-likeness (QED) is 0.321. The number of carbonyl (C=O) groups excluding carboxylic acids is 2. The fraction of sp³-hybridized carbons (Fsp3) is 0.0909. The highest BCUT2D eigenvalue weighted by atomic mass is 35.5. The molecule has 0 bridgehead atoms. The molecule has 0 saturated carbocycles. The molecule has 3 aromatic rings. The lowest BCUT2D eigenvalue weighted by Gasteiger charge is -2.09. The Kier molecular flexibility index (Phi) is 6.52. The van der Waals surface area contributed by atoms with E-state index < -0.39 is 17.8 Å². The molecule has 0 radical (unpaired) electrons. The van der Waals surface area contributed by atoms with Gasteiger partial charge in [0.15, 0.2) is 0 Å². The van der Waals surface area contributed by atoms with Crippen molar-refractivity contribution in [2.75, 3.05) is 5.32 Å². The van der Waals surface area contributed by atoms with Gasteiger partial charge in [0.1, 0.15) is 0 Å². The molecule has 2 aromatic carbocycles. The number of amides is 2. The summed E-state index contributed by atoms with van der Waals surface area (Å²) in [6.45, 7) is 3.77. The summed E-state index contributed by atoms with van der Waals surface area (Å²) in [6, 6.07) is 14.7. The van der Waals surface area contributed by atoms with Gasteiger partial charge in [0.2, 0.25) is 0 Å². The normalized spacial score (nSPS) is 10.8. The zero-order valence-corrected chi connectivity index (χ0v) is 17.5. The van der Waals surface area contributed by atoms with Gasteiger partial charge in [0, 0.05) is 33.3 Å². The van der Waals surface area contributed by atoms with Gasteiger partial charge in [-0.2, -0.15) is 5.10 Å². The van der Waals surface area contributed by atoms with Crippen LogP contribution in [0.1, 0.15) is 27.3 Å². The summed E-state index contributed by atoms with van der Waals surface area (Å²) in [4.78, 5) is 34.9. The Bertz CT molecular complexity index is 1170. The molecule has 3 rings (SSSR count). The first-order valence-corrected chi connectivity index (χ1v) is 9.56. The molecule has 1 aromatic heterocycles. The van der Waals surface area contributed by atoms with Crippen LogP contribution in [0.3, 0.4) is 0 Å². The van der Waals surface area contributed by atoms with Crippen LogP contribution in [-0.2, 0) is 9.59 Å². The van der Waals surface area contributed by atoms with Gasteiger partial charge in [-0.3, -0.25) is 9.59 Å². The van der Waals surface area contributed by atoms with Gasteiger partial charge in [-0.1, -0.05) is 11.6 Å². The van der Waals surface area contributed by atoms with E-state index >= 15 is 0 Å². The predicted molar refractivity (Wildman–Crippen MR) is 118 cm³/mol. The van der Waals surface area contributed by atoms with Gasteiger partial charge in [-0.05, 0) is 68.4 Å². The van der Waals surface area contributed by atoms with Crippen LogP contribution < -0.4 is 10.7 Å². The summed E-state index contributed by atoms with van der Waals surface area (Å²) in [5.41, 5.74) is 6.10. The number of aromatic carboxylic acids is 1. The van der Waals surface area contributed by atoms with Crippen molar-refractivity contribution < 1.29 is 19.5 Å². The van der Waals surface area contributed by atoms with E-state index in [0.29, 0.717) is 10.7 Å². The fourth-order valence-electron chi connectivity index (χ4n) is 3.00. The molecule has 0 spiro atoms. The molecule has 3 N–H and O–H groups in total. The molecule has 1 heterocycles.